The lowest BCUT2D eigenvalue weighted by Gasteiger charge is -2.25. The molecule has 0 atom stereocenters. The number of aromatic nitrogens is 4. The largest absolute Gasteiger partial charge is 0.381 e. The van der Waals surface area contributed by atoms with Crippen molar-refractivity contribution in [3.05, 3.63) is 18.2 Å². The SMILES string of the molecule is CCC(C)(CC)c1cnc2c(N)ncnn12. The van der Waals surface area contributed by atoms with E-state index in [2.05, 4.69) is 35.8 Å². The Morgan fingerprint density at radius 3 is 2.62 bits per heavy atom. The van der Waals surface area contributed by atoms with Crippen LogP contribution in [-0.4, -0.2) is 19.6 Å². The van der Waals surface area contributed by atoms with E-state index in [-0.39, 0.29) is 5.41 Å². The minimum atomic E-state index is 0.0835. The van der Waals surface area contributed by atoms with E-state index in [1.165, 1.54) is 6.33 Å². The van der Waals surface area contributed by atoms with Gasteiger partial charge in [0.15, 0.2) is 11.5 Å². The zero-order valence-corrected chi connectivity index (χ0v) is 9.94. The maximum Gasteiger partial charge on any atom is 0.196 e. The van der Waals surface area contributed by atoms with E-state index >= 15 is 0 Å². The predicted octanol–water partition coefficient (Wildman–Crippen LogP) is 1.78. The zero-order valence-electron chi connectivity index (χ0n) is 9.94. The quantitative estimate of drug-likeness (QED) is 0.854. The van der Waals surface area contributed by atoms with Gasteiger partial charge in [0.1, 0.15) is 6.33 Å². The highest BCUT2D eigenvalue weighted by Crippen LogP contribution is 2.31. The first-order chi connectivity index (χ1) is 7.62. The van der Waals surface area contributed by atoms with Crippen molar-refractivity contribution in [1.29, 1.82) is 0 Å². The Morgan fingerprint density at radius 1 is 1.31 bits per heavy atom. The second-order valence-electron chi connectivity index (χ2n) is 4.29. The summed E-state index contributed by atoms with van der Waals surface area (Å²) in [7, 11) is 0. The van der Waals surface area contributed by atoms with Crippen molar-refractivity contribution >= 4 is 11.5 Å². The van der Waals surface area contributed by atoms with Gasteiger partial charge in [-0.05, 0) is 12.8 Å². The molecule has 2 heterocycles. The monoisotopic (exact) mass is 219 g/mol. The van der Waals surface area contributed by atoms with Crippen molar-refractivity contribution in [2.45, 2.75) is 39.0 Å². The Kier molecular flexibility index (Phi) is 2.53. The molecule has 0 saturated carbocycles. The van der Waals surface area contributed by atoms with Crippen LogP contribution in [0.25, 0.3) is 5.65 Å². The third-order valence-electron chi connectivity index (χ3n) is 3.51. The molecular formula is C11H17N5. The molecule has 0 saturated heterocycles. The standard InChI is InChI=1S/C11H17N5/c1-4-11(3,5-2)8-6-13-10-9(12)14-7-15-16(8)10/h6-7H,4-5H2,1-3H3,(H2,12,14,15). The summed E-state index contributed by atoms with van der Waals surface area (Å²) >= 11 is 0. The van der Waals surface area contributed by atoms with Gasteiger partial charge in [0.25, 0.3) is 0 Å². The van der Waals surface area contributed by atoms with E-state index in [1.807, 2.05) is 6.20 Å². The van der Waals surface area contributed by atoms with Crippen LogP contribution in [0.1, 0.15) is 39.3 Å². The summed E-state index contributed by atoms with van der Waals surface area (Å²) in [6.45, 7) is 6.57. The van der Waals surface area contributed by atoms with Gasteiger partial charge in [-0.2, -0.15) is 5.10 Å². The highest BCUT2D eigenvalue weighted by molar-refractivity contribution is 5.59. The van der Waals surface area contributed by atoms with Gasteiger partial charge >= 0.3 is 0 Å². The summed E-state index contributed by atoms with van der Waals surface area (Å²) in [5, 5.41) is 4.23. The molecule has 5 nitrogen and oxygen atoms in total. The third-order valence-corrected chi connectivity index (χ3v) is 3.51. The molecule has 0 aliphatic rings. The molecule has 0 aliphatic heterocycles. The smallest absolute Gasteiger partial charge is 0.196 e. The average molecular weight is 219 g/mol. The lowest BCUT2D eigenvalue weighted by Crippen LogP contribution is -2.22. The van der Waals surface area contributed by atoms with E-state index in [0.717, 1.165) is 18.5 Å². The molecular weight excluding hydrogens is 202 g/mol. The molecule has 0 spiro atoms. The topological polar surface area (TPSA) is 69.1 Å². The number of rotatable bonds is 3. The minimum absolute atomic E-state index is 0.0835. The van der Waals surface area contributed by atoms with E-state index in [0.29, 0.717) is 11.5 Å². The zero-order chi connectivity index (χ0) is 11.8. The van der Waals surface area contributed by atoms with Gasteiger partial charge < -0.3 is 5.73 Å². The lowest BCUT2D eigenvalue weighted by atomic mass is 9.82. The van der Waals surface area contributed by atoms with Crippen molar-refractivity contribution in [2.24, 2.45) is 0 Å². The van der Waals surface area contributed by atoms with Crippen molar-refractivity contribution in [2.75, 3.05) is 5.73 Å². The van der Waals surface area contributed by atoms with E-state index < -0.39 is 0 Å². The van der Waals surface area contributed by atoms with Gasteiger partial charge in [-0.25, -0.2) is 14.5 Å². The maximum absolute atomic E-state index is 5.76. The van der Waals surface area contributed by atoms with Crippen molar-refractivity contribution in [3.8, 4) is 0 Å². The molecule has 0 unspecified atom stereocenters. The Morgan fingerprint density at radius 2 is 2.00 bits per heavy atom. The first-order valence-corrected chi connectivity index (χ1v) is 5.57. The van der Waals surface area contributed by atoms with Crippen LogP contribution in [0, 0.1) is 0 Å². The highest BCUT2D eigenvalue weighted by atomic mass is 15.3. The number of hydrogen-bond donors (Lipinski definition) is 1. The lowest BCUT2D eigenvalue weighted by molar-refractivity contribution is 0.417. The van der Waals surface area contributed by atoms with Gasteiger partial charge in [0.2, 0.25) is 0 Å². The normalized spacial score (nSPS) is 12.2. The summed E-state index contributed by atoms with van der Waals surface area (Å²) in [6.07, 6.45) is 5.41. The van der Waals surface area contributed by atoms with Crippen LogP contribution >= 0.6 is 0 Å². The number of imidazole rings is 1. The molecule has 5 heteroatoms. The summed E-state index contributed by atoms with van der Waals surface area (Å²) in [5.41, 5.74) is 7.59. The van der Waals surface area contributed by atoms with Crippen LogP contribution < -0.4 is 5.73 Å². The first kappa shape index (κ1) is 10.9. The molecule has 2 N–H and O–H groups in total. The second-order valence-corrected chi connectivity index (χ2v) is 4.29. The molecule has 2 aromatic heterocycles. The maximum atomic E-state index is 5.76. The minimum Gasteiger partial charge on any atom is -0.381 e. The van der Waals surface area contributed by atoms with Crippen molar-refractivity contribution in [3.63, 3.8) is 0 Å². The fourth-order valence-electron chi connectivity index (χ4n) is 1.86. The van der Waals surface area contributed by atoms with Crippen LogP contribution in [-0.2, 0) is 5.41 Å². The molecule has 2 aromatic rings. The van der Waals surface area contributed by atoms with E-state index in [9.17, 15) is 0 Å². The molecule has 2 rings (SSSR count). The number of hydrogen-bond acceptors (Lipinski definition) is 4. The molecule has 0 amide bonds. The summed E-state index contributed by atoms with van der Waals surface area (Å²) in [5.74, 6) is 0.427. The average Bonchev–Trinajstić information content (AvgIpc) is 2.74. The molecule has 0 bridgehead atoms. The van der Waals surface area contributed by atoms with Gasteiger partial charge in [0.05, 0.1) is 11.9 Å². The predicted molar refractivity (Wildman–Crippen MR) is 63.1 cm³/mol. The van der Waals surface area contributed by atoms with Gasteiger partial charge in [0, 0.05) is 5.41 Å². The molecule has 0 radical (unpaired) electrons. The molecule has 0 aromatic carbocycles. The van der Waals surface area contributed by atoms with Crippen LogP contribution in [0.3, 0.4) is 0 Å². The molecule has 86 valence electrons. The Balaban J connectivity index is 2.66. The van der Waals surface area contributed by atoms with Crippen LogP contribution in [0.5, 0.6) is 0 Å². The van der Waals surface area contributed by atoms with E-state index in [1.54, 1.807) is 4.52 Å². The number of nitrogens with two attached hydrogens (primary N) is 1. The Labute approximate surface area is 94.7 Å². The fourth-order valence-corrected chi connectivity index (χ4v) is 1.86. The van der Waals surface area contributed by atoms with Crippen LogP contribution in [0.2, 0.25) is 0 Å². The highest BCUT2D eigenvalue weighted by Gasteiger charge is 2.27. The Hall–Kier alpha value is -1.65. The van der Waals surface area contributed by atoms with Crippen molar-refractivity contribution < 1.29 is 0 Å². The molecule has 16 heavy (non-hydrogen) atoms. The van der Waals surface area contributed by atoms with Gasteiger partial charge in [-0.1, -0.05) is 20.8 Å². The summed E-state index contributed by atoms with van der Waals surface area (Å²) < 4.78 is 1.80. The number of nitrogen functional groups attached to an aromatic ring is 1. The number of anilines is 1. The summed E-state index contributed by atoms with van der Waals surface area (Å²) in [4.78, 5) is 8.23. The van der Waals surface area contributed by atoms with Crippen LogP contribution in [0.15, 0.2) is 12.5 Å². The van der Waals surface area contributed by atoms with Crippen molar-refractivity contribution in [1.82, 2.24) is 19.6 Å². The molecule has 0 fully saturated rings. The second kappa shape index (κ2) is 3.73. The summed E-state index contributed by atoms with van der Waals surface area (Å²) in [6, 6.07) is 0. The number of fused-ring (bicyclic) bond motifs is 1. The van der Waals surface area contributed by atoms with E-state index in [4.69, 9.17) is 5.73 Å². The Bertz CT molecular complexity index is 498. The first-order valence-electron chi connectivity index (χ1n) is 5.57. The van der Waals surface area contributed by atoms with Crippen LogP contribution in [0.4, 0.5) is 5.82 Å². The fraction of sp³-hybridized carbons (Fsp3) is 0.545. The number of nitrogens with zero attached hydrogens (tertiary/aromatic N) is 4. The third kappa shape index (κ3) is 1.43. The molecule has 0 aliphatic carbocycles. The van der Waals surface area contributed by atoms with Gasteiger partial charge in [-0.3, -0.25) is 0 Å². The van der Waals surface area contributed by atoms with Gasteiger partial charge in [-0.15, -0.1) is 0 Å².